The quantitative estimate of drug-likeness (QED) is 0.442. The molecule has 0 radical (unpaired) electrons. The third-order valence-corrected chi connectivity index (χ3v) is 4.17. The van der Waals surface area contributed by atoms with Crippen LogP contribution in [0.3, 0.4) is 0 Å². The summed E-state index contributed by atoms with van der Waals surface area (Å²) in [4.78, 5) is 4.49. The molecule has 112 valence electrons. The first kappa shape index (κ1) is 13.1. The molecule has 2 heterocycles. The third kappa shape index (κ3) is 2.39. The molecule has 0 spiro atoms. The zero-order valence-corrected chi connectivity index (χ0v) is 12.7. The van der Waals surface area contributed by atoms with E-state index in [1.54, 1.807) is 0 Å². The third-order valence-electron chi connectivity index (χ3n) is 4.17. The second kappa shape index (κ2) is 5.02. The number of aliphatic imine (C=N–C) groups is 1. The Morgan fingerprint density at radius 3 is 2.73 bits per heavy atom. The predicted octanol–water partition coefficient (Wildman–Crippen LogP) is 1.48. The van der Waals surface area contributed by atoms with Crippen LogP contribution in [0.25, 0.3) is 5.65 Å². The van der Waals surface area contributed by atoms with E-state index < -0.39 is 0 Å². The van der Waals surface area contributed by atoms with Gasteiger partial charge in [0.25, 0.3) is 0 Å². The first-order valence-electron chi connectivity index (χ1n) is 7.65. The van der Waals surface area contributed by atoms with Crippen molar-refractivity contribution >= 4 is 11.5 Å². The summed E-state index contributed by atoms with van der Waals surface area (Å²) in [7, 11) is 2.04. The van der Waals surface area contributed by atoms with E-state index in [1.165, 1.54) is 24.1 Å². The molecule has 4 rings (SSSR count). The van der Waals surface area contributed by atoms with Crippen LogP contribution in [0.1, 0.15) is 24.0 Å². The summed E-state index contributed by atoms with van der Waals surface area (Å²) in [6.07, 6.45) is 8.59. The lowest BCUT2D eigenvalue weighted by Crippen LogP contribution is -2.32. The van der Waals surface area contributed by atoms with Gasteiger partial charge in [-0.25, -0.2) is 9.25 Å². The molecule has 0 aliphatic heterocycles. The molecule has 22 heavy (non-hydrogen) atoms. The smallest absolute Gasteiger partial charge is 0.307 e. The molecule has 2 aromatic heterocycles. The van der Waals surface area contributed by atoms with Crippen molar-refractivity contribution in [2.24, 2.45) is 17.8 Å². The number of hydrogen-bond donors (Lipinski definition) is 1. The number of imidazole rings is 1. The van der Waals surface area contributed by atoms with Gasteiger partial charge >= 0.3 is 5.65 Å². The predicted molar refractivity (Wildman–Crippen MR) is 85.9 cm³/mol. The normalized spacial score (nSPS) is 15.6. The Labute approximate surface area is 129 Å². The Hall–Kier alpha value is -2.56. The lowest BCUT2D eigenvalue weighted by atomic mass is 10.1. The van der Waals surface area contributed by atoms with E-state index in [0.717, 1.165) is 12.1 Å². The number of hydrogen-bond acceptors (Lipinski definition) is 1. The molecule has 1 fully saturated rings. The highest BCUT2D eigenvalue weighted by atomic mass is 15.4. The molecule has 0 amide bonds. The van der Waals surface area contributed by atoms with Gasteiger partial charge in [0.05, 0.1) is 6.04 Å². The molecule has 1 aromatic carbocycles. The largest absolute Gasteiger partial charge is 0.383 e. The second-order valence-corrected chi connectivity index (χ2v) is 5.96. The zero-order valence-electron chi connectivity index (χ0n) is 12.7. The minimum Gasteiger partial charge on any atom is -0.383 e. The monoisotopic (exact) mass is 294 g/mol. The van der Waals surface area contributed by atoms with Gasteiger partial charge in [-0.1, -0.05) is 24.3 Å². The number of benzene rings is 1. The average molecular weight is 294 g/mol. The fraction of sp³-hybridized carbons (Fsp3) is 0.294. The molecular formula is C17H20N5+. The van der Waals surface area contributed by atoms with Gasteiger partial charge in [-0.3, -0.25) is 4.99 Å². The highest BCUT2D eigenvalue weighted by Crippen LogP contribution is 2.23. The molecule has 5 nitrogen and oxygen atoms in total. The maximum absolute atomic E-state index is 6.04. The molecule has 5 heteroatoms. The van der Waals surface area contributed by atoms with Crippen LogP contribution in [0.2, 0.25) is 0 Å². The first-order valence-corrected chi connectivity index (χ1v) is 7.65. The Kier molecular flexibility index (Phi) is 2.99. The second-order valence-electron chi connectivity index (χ2n) is 5.96. The summed E-state index contributed by atoms with van der Waals surface area (Å²) in [5, 5.41) is 0. The van der Waals surface area contributed by atoms with Gasteiger partial charge in [0.15, 0.2) is 6.20 Å². The van der Waals surface area contributed by atoms with E-state index >= 15 is 0 Å². The van der Waals surface area contributed by atoms with E-state index in [4.69, 9.17) is 5.73 Å². The number of fused-ring (bicyclic) bond motifs is 1. The van der Waals surface area contributed by atoms with Crippen LogP contribution in [0.5, 0.6) is 0 Å². The van der Waals surface area contributed by atoms with Gasteiger partial charge in [-0.15, -0.1) is 4.52 Å². The average Bonchev–Trinajstić information content (AvgIpc) is 3.13. The number of nitrogens with two attached hydrogens (primary N) is 1. The lowest BCUT2D eigenvalue weighted by Gasteiger charge is -2.03. The molecule has 0 unspecified atom stereocenters. The highest BCUT2D eigenvalue weighted by molar-refractivity contribution is 5.97. The van der Waals surface area contributed by atoms with Crippen molar-refractivity contribution in [2.45, 2.75) is 25.4 Å². The van der Waals surface area contributed by atoms with Crippen LogP contribution in [-0.2, 0) is 13.6 Å². The molecule has 0 atom stereocenters. The Morgan fingerprint density at radius 2 is 2.00 bits per heavy atom. The Morgan fingerprint density at radius 1 is 1.23 bits per heavy atom. The fourth-order valence-corrected chi connectivity index (χ4v) is 2.70. The molecule has 1 aliphatic carbocycles. The van der Waals surface area contributed by atoms with Crippen molar-refractivity contribution in [3.05, 3.63) is 60.0 Å². The molecule has 1 saturated carbocycles. The summed E-state index contributed by atoms with van der Waals surface area (Å²) >= 11 is 0. The van der Waals surface area contributed by atoms with Crippen molar-refractivity contribution in [3.8, 4) is 0 Å². The van der Waals surface area contributed by atoms with E-state index in [-0.39, 0.29) is 0 Å². The van der Waals surface area contributed by atoms with Crippen molar-refractivity contribution in [2.75, 3.05) is 0 Å². The molecule has 1 aliphatic rings. The Bertz CT molecular complexity index is 834. The molecule has 0 bridgehead atoms. The number of amidine groups is 1. The van der Waals surface area contributed by atoms with Gasteiger partial charge in [-0.2, -0.15) is 0 Å². The summed E-state index contributed by atoms with van der Waals surface area (Å²) in [6.45, 7) is 0.848. The first-order chi connectivity index (χ1) is 10.7. The molecular weight excluding hydrogens is 274 g/mol. The standard InChI is InChI=1S/C17H20N5/c1-20-9-8-16-21(10-11-22(16)20)12-13-2-4-14(5-3-13)17(18)19-15-6-7-15/h2-5,8-11,15H,6-7,12H2,1H3,(H2,18,19)/q+1. The zero-order chi connectivity index (χ0) is 15.1. The number of nitrogens with zero attached hydrogens (tertiary/aromatic N) is 4. The van der Waals surface area contributed by atoms with E-state index in [0.29, 0.717) is 11.9 Å². The van der Waals surface area contributed by atoms with Crippen LogP contribution in [-0.4, -0.2) is 21.1 Å². The topological polar surface area (TPSA) is 51.6 Å². The minimum absolute atomic E-state index is 0.461. The van der Waals surface area contributed by atoms with Crippen molar-refractivity contribution in [1.29, 1.82) is 0 Å². The number of rotatable bonds is 4. The summed E-state index contributed by atoms with van der Waals surface area (Å²) < 4.78 is 6.41. The van der Waals surface area contributed by atoms with Crippen LogP contribution >= 0.6 is 0 Å². The lowest BCUT2D eigenvalue weighted by molar-refractivity contribution is -0.661. The maximum atomic E-state index is 6.04. The van der Waals surface area contributed by atoms with Gasteiger partial charge in [0.2, 0.25) is 0 Å². The number of aryl methyl sites for hydroxylation is 1. The number of aromatic nitrogens is 3. The fourth-order valence-electron chi connectivity index (χ4n) is 2.70. The van der Waals surface area contributed by atoms with Crippen LogP contribution < -0.4 is 10.3 Å². The van der Waals surface area contributed by atoms with Crippen molar-refractivity contribution < 1.29 is 4.57 Å². The Balaban J connectivity index is 1.55. The van der Waals surface area contributed by atoms with Crippen molar-refractivity contribution in [3.63, 3.8) is 0 Å². The summed E-state index contributed by atoms with van der Waals surface area (Å²) in [5.74, 6) is 0.663. The maximum Gasteiger partial charge on any atom is 0.307 e. The molecule has 0 saturated heterocycles. The van der Waals surface area contributed by atoms with Crippen LogP contribution in [0.15, 0.2) is 53.9 Å². The van der Waals surface area contributed by atoms with Gasteiger partial charge in [0.1, 0.15) is 18.6 Å². The van der Waals surface area contributed by atoms with Crippen LogP contribution in [0, 0.1) is 0 Å². The van der Waals surface area contributed by atoms with Gasteiger partial charge < -0.3 is 5.73 Å². The van der Waals surface area contributed by atoms with Crippen LogP contribution in [0.4, 0.5) is 0 Å². The van der Waals surface area contributed by atoms with E-state index in [1.807, 2.05) is 7.05 Å². The van der Waals surface area contributed by atoms with E-state index in [2.05, 4.69) is 67.7 Å². The summed E-state index contributed by atoms with van der Waals surface area (Å²) in [6, 6.07) is 11.0. The SMILES string of the molecule is Cn1ccc2n1cc[n+]2Cc1ccc(C(N)=NC2CC2)cc1. The molecule has 3 aromatic rings. The minimum atomic E-state index is 0.461. The van der Waals surface area contributed by atoms with Crippen molar-refractivity contribution in [1.82, 2.24) is 9.20 Å². The van der Waals surface area contributed by atoms with E-state index in [9.17, 15) is 0 Å². The van der Waals surface area contributed by atoms with Gasteiger partial charge in [-0.05, 0) is 18.4 Å². The van der Waals surface area contributed by atoms with Gasteiger partial charge in [0, 0.05) is 24.9 Å². The summed E-state index contributed by atoms with van der Waals surface area (Å²) in [5.41, 5.74) is 9.49. The highest BCUT2D eigenvalue weighted by Gasteiger charge is 2.20. The molecule has 2 N–H and O–H groups in total.